The van der Waals surface area contributed by atoms with Crippen LogP contribution in [-0.4, -0.2) is 36.2 Å². The smallest absolute Gasteiger partial charge is 0.258 e. The van der Waals surface area contributed by atoms with Crippen LogP contribution in [0.25, 0.3) is 0 Å². The lowest BCUT2D eigenvalue weighted by atomic mass is 9.60. The van der Waals surface area contributed by atoms with E-state index >= 15 is 0 Å². The minimum Gasteiger partial charge on any atom is -0.497 e. The zero-order valence-electron chi connectivity index (χ0n) is 17.6. The van der Waals surface area contributed by atoms with Crippen LogP contribution in [0.1, 0.15) is 41.6 Å². The van der Waals surface area contributed by atoms with Crippen LogP contribution >= 0.6 is 0 Å². The van der Waals surface area contributed by atoms with E-state index in [0.29, 0.717) is 30.0 Å². The molecule has 2 aromatic rings. The van der Waals surface area contributed by atoms with Gasteiger partial charge in [0.25, 0.3) is 5.91 Å². The summed E-state index contributed by atoms with van der Waals surface area (Å²) in [4.78, 5) is 29.8. The lowest BCUT2D eigenvalue weighted by molar-refractivity contribution is -0.146. The predicted octanol–water partition coefficient (Wildman–Crippen LogP) is 2.70. The van der Waals surface area contributed by atoms with Crippen molar-refractivity contribution in [2.45, 2.75) is 37.8 Å². The van der Waals surface area contributed by atoms with E-state index in [9.17, 15) is 9.59 Å². The minimum absolute atomic E-state index is 0.0333. The van der Waals surface area contributed by atoms with Gasteiger partial charge in [0.15, 0.2) is 5.72 Å². The molecule has 0 radical (unpaired) electrons. The molecule has 31 heavy (non-hydrogen) atoms. The van der Waals surface area contributed by atoms with Crippen LogP contribution in [0.3, 0.4) is 0 Å². The number of nitrogens with zero attached hydrogens (tertiary/aromatic N) is 1. The lowest BCUT2D eigenvalue weighted by Gasteiger charge is -2.55. The van der Waals surface area contributed by atoms with Crippen molar-refractivity contribution in [1.82, 2.24) is 15.6 Å². The first-order valence-corrected chi connectivity index (χ1v) is 10.9. The maximum absolute atomic E-state index is 12.9. The van der Waals surface area contributed by atoms with Gasteiger partial charge in [-0.3, -0.25) is 14.6 Å². The van der Waals surface area contributed by atoms with Crippen LogP contribution in [0.15, 0.2) is 42.7 Å². The first kappa shape index (κ1) is 19.8. The van der Waals surface area contributed by atoms with E-state index in [1.165, 1.54) is 0 Å². The Balaban J connectivity index is 1.26. The maximum Gasteiger partial charge on any atom is 0.258 e. The van der Waals surface area contributed by atoms with Gasteiger partial charge in [0.1, 0.15) is 11.5 Å². The van der Waals surface area contributed by atoms with E-state index in [4.69, 9.17) is 9.47 Å². The quantitative estimate of drug-likeness (QED) is 0.775. The first-order chi connectivity index (χ1) is 15.1. The molecular weight excluding hydrogens is 394 g/mol. The third-order valence-electron chi connectivity index (χ3n) is 7.07. The number of methoxy groups -OCH3 is 1. The summed E-state index contributed by atoms with van der Waals surface area (Å²) < 4.78 is 11.7. The largest absolute Gasteiger partial charge is 0.497 e. The number of ether oxygens (including phenoxy) is 2. The van der Waals surface area contributed by atoms with Crippen molar-refractivity contribution in [2.75, 3.05) is 13.7 Å². The maximum atomic E-state index is 12.9. The van der Waals surface area contributed by atoms with E-state index in [1.54, 1.807) is 37.7 Å². The van der Waals surface area contributed by atoms with Gasteiger partial charge in [-0.2, -0.15) is 0 Å². The molecule has 1 spiro atoms. The molecule has 1 aliphatic heterocycles. The molecule has 3 saturated carbocycles. The summed E-state index contributed by atoms with van der Waals surface area (Å²) in [7, 11) is 1.60. The van der Waals surface area contributed by atoms with Crippen molar-refractivity contribution >= 4 is 11.8 Å². The fourth-order valence-electron chi connectivity index (χ4n) is 5.45. The van der Waals surface area contributed by atoms with Crippen molar-refractivity contribution in [1.29, 1.82) is 0 Å². The van der Waals surface area contributed by atoms with Crippen LogP contribution in [0.5, 0.6) is 11.5 Å². The standard InChI is InChI=1S/C24H27N3O4/c1-30-18-4-5-19-21(13-18)31-24(27-23(19)29)14-16-2-3-17(24)12-20(16)22(28)26-11-8-15-6-9-25-10-7-15/h4-7,9-10,13,16-17,20H,2-3,8,11-12,14H2,1H3,(H,26,28)(H,27,29)/t16-,17-,20+,24+/m1/s1. The highest BCUT2D eigenvalue weighted by Crippen LogP contribution is 2.52. The number of amides is 2. The Hall–Kier alpha value is -3.09. The summed E-state index contributed by atoms with van der Waals surface area (Å²) >= 11 is 0. The summed E-state index contributed by atoms with van der Waals surface area (Å²) in [6, 6.07) is 9.21. The number of pyridine rings is 1. The molecule has 162 valence electrons. The fraction of sp³-hybridized carbons (Fsp3) is 0.458. The molecule has 0 unspecified atom stereocenters. The SMILES string of the molecule is COc1ccc2c(c1)O[C@]1(C[C@H]3CC[C@@H]1C[C@@H]3C(=O)NCCc1ccncc1)NC2=O. The Morgan fingerprint density at radius 3 is 2.87 bits per heavy atom. The summed E-state index contributed by atoms with van der Waals surface area (Å²) in [5.41, 5.74) is 0.956. The average molecular weight is 421 g/mol. The second-order valence-corrected chi connectivity index (χ2v) is 8.78. The minimum atomic E-state index is -0.729. The van der Waals surface area contributed by atoms with Crippen molar-refractivity contribution in [3.05, 3.63) is 53.9 Å². The van der Waals surface area contributed by atoms with Gasteiger partial charge in [-0.05, 0) is 61.4 Å². The summed E-state index contributed by atoms with van der Waals surface area (Å²) in [6.45, 7) is 0.613. The second kappa shape index (κ2) is 7.87. The van der Waals surface area contributed by atoms with E-state index in [1.807, 2.05) is 12.1 Å². The molecule has 6 rings (SSSR count). The lowest BCUT2D eigenvalue weighted by Crippen LogP contribution is -2.67. The van der Waals surface area contributed by atoms with Crippen LogP contribution in [-0.2, 0) is 11.2 Å². The third-order valence-corrected chi connectivity index (χ3v) is 7.07. The number of carbonyl (C=O) groups excluding carboxylic acids is 2. The Morgan fingerprint density at radius 1 is 1.29 bits per heavy atom. The fourth-order valence-corrected chi connectivity index (χ4v) is 5.45. The van der Waals surface area contributed by atoms with Gasteiger partial charge in [0.2, 0.25) is 5.91 Å². The first-order valence-electron chi connectivity index (χ1n) is 10.9. The normalized spacial score (nSPS) is 28.4. The van der Waals surface area contributed by atoms with Gasteiger partial charge < -0.3 is 20.1 Å². The molecule has 2 bridgehead atoms. The van der Waals surface area contributed by atoms with Crippen molar-refractivity contribution < 1.29 is 19.1 Å². The van der Waals surface area contributed by atoms with Gasteiger partial charge in [-0.15, -0.1) is 0 Å². The second-order valence-electron chi connectivity index (χ2n) is 8.78. The van der Waals surface area contributed by atoms with E-state index < -0.39 is 5.72 Å². The Kier molecular flexibility index (Phi) is 5.04. The number of nitrogens with one attached hydrogen (secondary N) is 2. The summed E-state index contributed by atoms with van der Waals surface area (Å²) in [5, 5.41) is 6.25. The van der Waals surface area contributed by atoms with Gasteiger partial charge in [0.05, 0.1) is 12.7 Å². The molecule has 7 nitrogen and oxygen atoms in total. The summed E-state index contributed by atoms with van der Waals surface area (Å²) in [5.74, 6) is 1.49. The summed E-state index contributed by atoms with van der Waals surface area (Å²) in [6.07, 6.45) is 7.64. The molecule has 7 heteroatoms. The Labute approximate surface area is 181 Å². The predicted molar refractivity (Wildman–Crippen MR) is 114 cm³/mol. The Bertz CT molecular complexity index is 996. The van der Waals surface area contributed by atoms with E-state index in [2.05, 4.69) is 15.6 Å². The highest BCUT2D eigenvalue weighted by Gasteiger charge is 2.57. The number of hydrogen-bond acceptors (Lipinski definition) is 5. The number of carbonyl (C=O) groups is 2. The molecule has 1 aromatic carbocycles. The van der Waals surface area contributed by atoms with E-state index in [0.717, 1.165) is 31.2 Å². The number of hydrogen-bond donors (Lipinski definition) is 2. The van der Waals surface area contributed by atoms with Crippen molar-refractivity contribution in [2.24, 2.45) is 17.8 Å². The van der Waals surface area contributed by atoms with Crippen molar-refractivity contribution in [3.63, 3.8) is 0 Å². The van der Waals surface area contributed by atoms with Crippen LogP contribution in [0.2, 0.25) is 0 Å². The molecule has 2 heterocycles. The highest BCUT2D eigenvalue weighted by molar-refractivity contribution is 5.98. The molecular formula is C24H27N3O4. The van der Waals surface area contributed by atoms with Gasteiger partial charge in [-0.25, -0.2) is 0 Å². The number of aromatic nitrogens is 1. The molecule has 4 aliphatic rings. The third kappa shape index (κ3) is 3.62. The van der Waals surface area contributed by atoms with Crippen LogP contribution < -0.4 is 20.1 Å². The van der Waals surface area contributed by atoms with Crippen LogP contribution in [0.4, 0.5) is 0 Å². The highest BCUT2D eigenvalue weighted by atomic mass is 16.5. The zero-order chi connectivity index (χ0) is 21.4. The van der Waals surface area contributed by atoms with Gasteiger partial charge >= 0.3 is 0 Å². The number of rotatable bonds is 5. The zero-order valence-corrected chi connectivity index (χ0v) is 17.6. The van der Waals surface area contributed by atoms with E-state index in [-0.39, 0.29) is 29.6 Å². The average Bonchev–Trinajstić information content (AvgIpc) is 2.79. The van der Waals surface area contributed by atoms with Crippen LogP contribution in [0, 0.1) is 17.8 Å². The topological polar surface area (TPSA) is 89.6 Å². The Morgan fingerprint density at radius 2 is 2.13 bits per heavy atom. The number of benzene rings is 1. The molecule has 3 fully saturated rings. The number of fused-ring (bicyclic) bond motifs is 3. The van der Waals surface area contributed by atoms with Crippen molar-refractivity contribution in [3.8, 4) is 11.5 Å². The van der Waals surface area contributed by atoms with Gasteiger partial charge in [-0.1, -0.05) is 0 Å². The van der Waals surface area contributed by atoms with Gasteiger partial charge in [0, 0.05) is 43.3 Å². The molecule has 3 aliphatic carbocycles. The molecule has 1 aromatic heterocycles. The monoisotopic (exact) mass is 421 g/mol. The molecule has 2 amide bonds. The molecule has 4 atom stereocenters. The molecule has 0 saturated heterocycles. The molecule has 2 N–H and O–H groups in total.